The van der Waals surface area contributed by atoms with E-state index in [9.17, 15) is 9.59 Å². The molecule has 5 heteroatoms. The van der Waals surface area contributed by atoms with Gasteiger partial charge in [0.2, 0.25) is 0 Å². The molecular formula is C23H34N2O3. The van der Waals surface area contributed by atoms with E-state index in [-0.39, 0.29) is 41.1 Å². The Bertz CT molecular complexity index is 717. The van der Waals surface area contributed by atoms with Crippen molar-refractivity contribution in [3.8, 4) is 0 Å². The van der Waals surface area contributed by atoms with Crippen LogP contribution in [-0.4, -0.2) is 24.4 Å². The van der Waals surface area contributed by atoms with Crippen LogP contribution in [0.15, 0.2) is 11.6 Å². The quantitative estimate of drug-likeness (QED) is 0.458. The third kappa shape index (κ3) is 2.96. The topological polar surface area (TPSA) is 79.6 Å². The molecule has 0 saturated heterocycles. The number of ketones is 1. The first-order valence-electron chi connectivity index (χ1n) is 11.1. The Hall–Kier alpha value is -1.52. The molecule has 5 nitrogen and oxygen atoms in total. The van der Waals surface area contributed by atoms with Crippen molar-refractivity contribution in [1.29, 1.82) is 0 Å². The van der Waals surface area contributed by atoms with Gasteiger partial charge in [0.15, 0.2) is 12.3 Å². The number of esters is 1. The smallest absolute Gasteiger partial charge is 0.302 e. The third-order valence-corrected chi connectivity index (χ3v) is 9.03. The summed E-state index contributed by atoms with van der Waals surface area (Å²) in [5.74, 6) is 2.00. The van der Waals surface area contributed by atoms with Gasteiger partial charge in [0.05, 0.1) is 0 Å². The molecule has 3 saturated carbocycles. The van der Waals surface area contributed by atoms with Crippen molar-refractivity contribution in [2.75, 3.05) is 6.54 Å². The van der Waals surface area contributed by atoms with E-state index in [2.05, 4.69) is 25.0 Å². The Morgan fingerprint density at radius 3 is 2.68 bits per heavy atom. The van der Waals surface area contributed by atoms with Gasteiger partial charge in [0, 0.05) is 19.3 Å². The normalized spacial score (nSPS) is 44.5. The van der Waals surface area contributed by atoms with Crippen LogP contribution in [0.2, 0.25) is 0 Å². The summed E-state index contributed by atoms with van der Waals surface area (Å²) in [6.45, 7) is 6.35. The number of rotatable bonds is 4. The van der Waals surface area contributed by atoms with Crippen LogP contribution in [0.25, 0.3) is 5.53 Å². The van der Waals surface area contributed by atoms with E-state index in [4.69, 9.17) is 10.3 Å². The average Bonchev–Trinajstić information content (AvgIpc) is 2.99. The maximum absolute atomic E-state index is 12.6. The van der Waals surface area contributed by atoms with Gasteiger partial charge in [-0.3, -0.25) is 9.59 Å². The maximum Gasteiger partial charge on any atom is 0.302 e. The number of carbonyl (C=O) groups excluding carboxylic acids is 2. The van der Waals surface area contributed by atoms with Gasteiger partial charge in [0.25, 0.3) is 0 Å². The molecule has 4 aliphatic rings. The van der Waals surface area contributed by atoms with Crippen molar-refractivity contribution in [1.82, 2.24) is 0 Å². The fourth-order valence-corrected chi connectivity index (χ4v) is 7.69. The Morgan fingerprint density at radius 1 is 1.18 bits per heavy atom. The zero-order valence-electron chi connectivity index (χ0n) is 17.5. The Labute approximate surface area is 168 Å². The van der Waals surface area contributed by atoms with Gasteiger partial charge >= 0.3 is 5.97 Å². The highest BCUT2D eigenvalue weighted by Crippen LogP contribution is 2.66. The fourth-order valence-electron chi connectivity index (χ4n) is 7.69. The second-order valence-electron chi connectivity index (χ2n) is 10.2. The lowest BCUT2D eigenvalue weighted by Crippen LogP contribution is -2.67. The highest BCUT2D eigenvalue weighted by Gasteiger charge is 2.60. The SMILES string of the molecule is CC(=O)O[C@H]1CC[C@@]2(C)C(=CC[C@@H]3[C@@H]4CC[C@H](C(=O)C[NH+]=[N-])[C@@]4(C)CC[C@@H]32)C1. The Balaban J connectivity index is 1.56. The molecule has 0 heterocycles. The first-order chi connectivity index (χ1) is 13.3. The van der Waals surface area contributed by atoms with Crippen molar-refractivity contribution >= 4 is 11.8 Å². The van der Waals surface area contributed by atoms with Crippen molar-refractivity contribution in [2.45, 2.75) is 78.2 Å². The minimum atomic E-state index is -0.171. The molecule has 0 bridgehead atoms. The van der Waals surface area contributed by atoms with Gasteiger partial charge in [-0.25, -0.2) is 0 Å². The number of ether oxygens (including phenoxy) is 1. The van der Waals surface area contributed by atoms with Crippen LogP contribution in [0.3, 0.4) is 0 Å². The lowest BCUT2D eigenvalue weighted by molar-refractivity contribution is -0.468. The van der Waals surface area contributed by atoms with Gasteiger partial charge in [-0.05, 0) is 73.5 Å². The maximum atomic E-state index is 12.6. The minimum absolute atomic E-state index is 0.0432. The molecule has 0 radical (unpaired) electrons. The summed E-state index contributed by atoms with van der Waals surface area (Å²) in [6, 6.07) is 0. The number of carbonyl (C=O) groups is 2. The van der Waals surface area contributed by atoms with Gasteiger partial charge < -0.3 is 15.4 Å². The number of fused-ring (bicyclic) bond motifs is 5. The number of nitrogens with zero attached hydrogens (tertiary/aromatic N) is 1. The van der Waals surface area contributed by atoms with Gasteiger partial charge in [-0.2, -0.15) is 0 Å². The third-order valence-electron chi connectivity index (χ3n) is 9.03. The summed E-state index contributed by atoms with van der Waals surface area (Å²) in [5.41, 5.74) is 10.8. The highest BCUT2D eigenvalue weighted by molar-refractivity contribution is 5.83. The van der Waals surface area contributed by atoms with Crippen LogP contribution in [0.4, 0.5) is 0 Å². The van der Waals surface area contributed by atoms with E-state index >= 15 is 0 Å². The van der Waals surface area contributed by atoms with Crippen molar-refractivity contribution in [2.24, 2.45) is 34.5 Å². The number of hydrogen-bond acceptors (Lipinski definition) is 3. The molecule has 3 fully saturated rings. The number of Topliss-reactive ketones (excluding diaryl/α,β-unsaturated/α-hetero) is 1. The molecule has 0 spiro atoms. The van der Waals surface area contributed by atoms with E-state index < -0.39 is 0 Å². The molecule has 28 heavy (non-hydrogen) atoms. The number of nitrogens with one attached hydrogen (secondary N) is 1. The molecular weight excluding hydrogens is 352 g/mol. The summed E-state index contributed by atoms with van der Waals surface area (Å²) in [4.78, 5) is 24.0. The average molecular weight is 387 g/mol. The van der Waals surface area contributed by atoms with E-state index in [1.165, 1.54) is 18.9 Å². The molecule has 0 aromatic heterocycles. The lowest BCUT2D eigenvalue weighted by Gasteiger charge is -2.58. The van der Waals surface area contributed by atoms with Crippen LogP contribution < -0.4 is 5.11 Å². The predicted molar refractivity (Wildman–Crippen MR) is 105 cm³/mol. The van der Waals surface area contributed by atoms with Gasteiger partial charge in [-0.15, -0.1) is 0 Å². The molecule has 0 aliphatic heterocycles. The molecule has 7 atom stereocenters. The Kier molecular flexibility index (Phi) is 4.99. The fraction of sp³-hybridized carbons (Fsp3) is 0.826. The molecule has 4 aliphatic carbocycles. The van der Waals surface area contributed by atoms with Crippen LogP contribution in [-0.2, 0) is 14.3 Å². The number of hydrogen-bond donors (Lipinski definition) is 1. The van der Waals surface area contributed by atoms with E-state index in [1.54, 1.807) is 0 Å². The van der Waals surface area contributed by atoms with Crippen molar-refractivity contribution in [3.63, 3.8) is 0 Å². The molecule has 0 unspecified atom stereocenters. The first-order valence-corrected chi connectivity index (χ1v) is 11.1. The zero-order valence-corrected chi connectivity index (χ0v) is 17.5. The van der Waals surface area contributed by atoms with E-state index in [0.29, 0.717) is 17.8 Å². The first kappa shape index (κ1) is 19.8. The molecule has 1 N–H and O–H groups in total. The predicted octanol–water partition coefficient (Wildman–Crippen LogP) is 3.17. The van der Waals surface area contributed by atoms with Crippen LogP contribution in [0, 0.1) is 34.5 Å². The minimum Gasteiger partial charge on any atom is -0.508 e. The highest BCUT2D eigenvalue weighted by atomic mass is 16.5. The molecule has 154 valence electrons. The second-order valence-corrected chi connectivity index (χ2v) is 10.2. The summed E-state index contributed by atoms with van der Waals surface area (Å²) < 4.78 is 5.53. The van der Waals surface area contributed by atoms with Crippen molar-refractivity contribution < 1.29 is 19.4 Å². The molecule has 0 aromatic rings. The molecule has 0 aromatic carbocycles. The van der Waals surface area contributed by atoms with E-state index in [0.717, 1.165) is 44.9 Å². The number of allylic oxidation sites excluding steroid dienone is 1. The molecule has 4 rings (SSSR count). The van der Waals surface area contributed by atoms with Gasteiger partial charge in [-0.1, -0.05) is 25.5 Å². The zero-order chi connectivity index (χ0) is 20.1. The van der Waals surface area contributed by atoms with Crippen LogP contribution >= 0.6 is 0 Å². The van der Waals surface area contributed by atoms with Crippen LogP contribution in [0.5, 0.6) is 0 Å². The summed E-state index contributed by atoms with van der Waals surface area (Å²) in [7, 11) is 0. The summed E-state index contributed by atoms with van der Waals surface area (Å²) in [5, 5.41) is 2.08. The van der Waals surface area contributed by atoms with Gasteiger partial charge in [0.1, 0.15) is 6.10 Å². The second kappa shape index (κ2) is 7.07. The van der Waals surface area contributed by atoms with Crippen molar-refractivity contribution in [3.05, 3.63) is 17.2 Å². The summed E-state index contributed by atoms with van der Waals surface area (Å²) in [6.07, 6.45) is 10.9. The standard InChI is InChI=1S/C23H34N2O3/c1-14(26)28-16-8-10-22(2)15(12-16)4-5-17-18-6-7-20(21(27)13-25-24)23(18,3)11-9-19(17)22/h4,16-20,25H,5-13H2,1-3H3/t16-,17+,18-,19-,20+,22-,23-/m0/s1. The van der Waals surface area contributed by atoms with E-state index in [1.807, 2.05) is 0 Å². The summed E-state index contributed by atoms with van der Waals surface area (Å²) >= 11 is 0. The lowest BCUT2D eigenvalue weighted by atomic mass is 9.47. The monoisotopic (exact) mass is 386 g/mol. The molecule has 0 amide bonds. The Morgan fingerprint density at radius 2 is 1.96 bits per heavy atom. The van der Waals surface area contributed by atoms with Crippen LogP contribution in [0.1, 0.15) is 72.1 Å². The largest absolute Gasteiger partial charge is 0.508 e.